The summed E-state index contributed by atoms with van der Waals surface area (Å²) in [7, 11) is -3.76. The highest BCUT2D eigenvalue weighted by atomic mass is 35.5. The van der Waals surface area contributed by atoms with Crippen molar-refractivity contribution < 1.29 is 13.2 Å². The van der Waals surface area contributed by atoms with E-state index in [1.807, 2.05) is 0 Å². The molecule has 0 saturated carbocycles. The summed E-state index contributed by atoms with van der Waals surface area (Å²) in [5.41, 5.74) is 5.88. The quantitative estimate of drug-likeness (QED) is 0.765. The highest BCUT2D eigenvalue weighted by molar-refractivity contribution is 7.89. The highest BCUT2D eigenvalue weighted by Gasteiger charge is 2.29. The van der Waals surface area contributed by atoms with Gasteiger partial charge in [-0.05, 0) is 18.2 Å². The number of amides is 1. The van der Waals surface area contributed by atoms with E-state index in [4.69, 9.17) is 29.6 Å². The fourth-order valence-electron chi connectivity index (χ4n) is 1.83. The summed E-state index contributed by atoms with van der Waals surface area (Å²) in [6.07, 6.45) is 0. The first-order chi connectivity index (χ1) is 9.32. The second kappa shape index (κ2) is 5.65. The van der Waals surface area contributed by atoms with E-state index in [0.717, 1.165) is 4.31 Å². The van der Waals surface area contributed by atoms with Crippen LogP contribution in [0.4, 0.5) is 0 Å². The zero-order valence-corrected chi connectivity index (χ0v) is 12.7. The number of nitrogens with zero attached hydrogens (tertiary/aromatic N) is 1. The number of rotatable bonds is 3. The first-order valence-electron chi connectivity index (χ1n) is 5.68. The van der Waals surface area contributed by atoms with Crippen LogP contribution in [0.15, 0.2) is 23.1 Å². The van der Waals surface area contributed by atoms with Crippen LogP contribution in [0.3, 0.4) is 0 Å². The number of thiocarbonyl (C=S) groups is 1. The Balaban J connectivity index is 2.37. The Morgan fingerprint density at radius 1 is 1.45 bits per heavy atom. The predicted molar refractivity (Wildman–Crippen MR) is 79.1 cm³/mol. The van der Waals surface area contributed by atoms with E-state index in [1.165, 1.54) is 18.2 Å². The average Bonchev–Trinajstić information content (AvgIpc) is 2.38. The molecular weight excluding hydrogens is 322 g/mol. The number of carbonyl (C=O) groups excluding carboxylic acids is 1. The van der Waals surface area contributed by atoms with Gasteiger partial charge in [0, 0.05) is 18.7 Å². The van der Waals surface area contributed by atoms with Gasteiger partial charge in [0.05, 0.1) is 16.5 Å². The van der Waals surface area contributed by atoms with E-state index in [9.17, 15) is 13.2 Å². The molecule has 0 bridgehead atoms. The molecule has 0 aromatic heterocycles. The van der Waals surface area contributed by atoms with E-state index < -0.39 is 10.0 Å². The number of hydrogen-bond donors (Lipinski definition) is 2. The van der Waals surface area contributed by atoms with Gasteiger partial charge in [0.15, 0.2) is 0 Å². The molecule has 20 heavy (non-hydrogen) atoms. The minimum atomic E-state index is -3.76. The molecule has 1 aliphatic heterocycles. The summed E-state index contributed by atoms with van der Waals surface area (Å²) < 4.78 is 25.9. The molecule has 1 heterocycles. The van der Waals surface area contributed by atoms with Crippen molar-refractivity contribution >= 4 is 44.7 Å². The molecule has 0 unspecified atom stereocenters. The van der Waals surface area contributed by atoms with E-state index in [1.54, 1.807) is 0 Å². The van der Waals surface area contributed by atoms with Crippen LogP contribution in [0.2, 0.25) is 5.02 Å². The molecule has 1 amide bonds. The molecule has 9 heteroatoms. The van der Waals surface area contributed by atoms with Crippen molar-refractivity contribution in [2.45, 2.75) is 4.90 Å². The van der Waals surface area contributed by atoms with Crippen molar-refractivity contribution in [3.8, 4) is 0 Å². The monoisotopic (exact) mass is 333 g/mol. The van der Waals surface area contributed by atoms with Crippen LogP contribution >= 0.6 is 23.8 Å². The molecule has 0 atom stereocenters. The molecule has 2 rings (SSSR count). The third-order valence-corrected chi connectivity index (χ3v) is 5.22. The molecule has 1 aromatic rings. The van der Waals surface area contributed by atoms with Gasteiger partial charge in [0.2, 0.25) is 15.9 Å². The summed E-state index contributed by atoms with van der Waals surface area (Å²) in [4.78, 5) is 11.4. The van der Waals surface area contributed by atoms with Crippen molar-refractivity contribution in [2.75, 3.05) is 19.6 Å². The molecule has 0 spiro atoms. The van der Waals surface area contributed by atoms with E-state index in [0.29, 0.717) is 5.56 Å². The van der Waals surface area contributed by atoms with Gasteiger partial charge in [-0.2, -0.15) is 4.31 Å². The van der Waals surface area contributed by atoms with E-state index in [2.05, 4.69) is 5.32 Å². The average molecular weight is 334 g/mol. The van der Waals surface area contributed by atoms with Crippen LogP contribution in [-0.2, 0) is 14.8 Å². The number of carbonyl (C=O) groups is 1. The molecular formula is C11H12ClN3O3S2. The number of halogens is 1. The minimum Gasteiger partial charge on any atom is -0.389 e. The lowest BCUT2D eigenvalue weighted by Crippen LogP contribution is -2.49. The zero-order valence-electron chi connectivity index (χ0n) is 10.3. The third-order valence-electron chi connectivity index (χ3n) is 2.85. The van der Waals surface area contributed by atoms with Gasteiger partial charge >= 0.3 is 0 Å². The second-order valence-electron chi connectivity index (χ2n) is 4.19. The summed E-state index contributed by atoms with van der Waals surface area (Å²) in [6.45, 7) is 0.316. The fraction of sp³-hybridized carbons (Fsp3) is 0.273. The predicted octanol–water partition coefficient (Wildman–Crippen LogP) is 0.0947. The summed E-state index contributed by atoms with van der Waals surface area (Å²) >= 11 is 10.8. The van der Waals surface area contributed by atoms with Crippen LogP contribution < -0.4 is 11.1 Å². The summed E-state index contributed by atoms with van der Waals surface area (Å²) in [6, 6.07) is 4.13. The lowest BCUT2D eigenvalue weighted by molar-refractivity contribution is -0.122. The van der Waals surface area contributed by atoms with E-state index >= 15 is 0 Å². The second-order valence-corrected chi connectivity index (χ2v) is 6.98. The first kappa shape index (κ1) is 15.2. The number of sulfonamides is 1. The number of nitrogens with two attached hydrogens (primary N) is 1. The molecule has 1 fully saturated rings. The Hall–Kier alpha value is -1.22. The van der Waals surface area contributed by atoms with Crippen molar-refractivity contribution in [1.82, 2.24) is 9.62 Å². The molecule has 1 aliphatic rings. The number of piperazine rings is 1. The normalized spacial score (nSPS) is 16.8. The highest BCUT2D eigenvalue weighted by Crippen LogP contribution is 2.23. The Morgan fingerprint density at radius 2 is 2.15 bits per heavy atom. The molecule has 0 radical (unpaired) electrons. The fourth-order valence-corrected chi connectivity index (χ4v) is 3.83. The molecule has 1 saturated heterocycles. The lowest BCUT2D eigenvalue weighted by Gasteiger charge is -2.26. The van der Waals surface area contributed by atoms with Crippen molar-refractivity contribution in [3.63, 3.8) is 0 Å². The Labute approximate surface area is 126 Å². The largest absolute Gasteiger partial charge is 0.389 e. The molecule has 6 nitrogen and oxygen atoms in total. The number of hydrogen-bond acceptors (Lipinski definition) is 4. The van der Waals surface area contributed by atoms with Crippen molar-refractivity contribution in [1.29, 1.82) is 0 Å². The van der Waals surface area contributed by atoms with Gasteiger partial charge in [-0.1, -0.05) is 23.8 Å². The standard InChI is InChI=1S/C11H12ClN3O3S2/c12-9-5-7(1-2-8(9)11(13)19)20(17,18)15-4-3-14-10(16)6-15/h1-2,5H,3-4,6H2,(H2,13,19)(H,14,16). The van der Waals surface area contributed by atoms with Crippen molar-refractivity contribution in [2.24, 2.45) is 5.73 Å². The van der Waals surface area contributed by atoms with Gasteiger partial charge in [-0.15, -0.1) is 0 Å². The maximum Gasteiger partial charge on any atom is 0.243 e. The van der Waals surface area contributed by atoms with Crippen LogP contribution in [0.5, 0.6) is 0 Å². The van der Waals surface area contributed by atoms with E-state index in [-0.39, 0.29) is 40.4 Å². The lowest BCUT2D eigenvalue weighted by atomic mass is 10.2. The zero-order chi connectivity index (χ0) is 14.9. The molecule has 1 aromatic carbocycles. The first-order valence-corrected chi connectivity index (χ1v) is 7.91. The Kier molecular flexibility index (Phi) is 4.28. The Morgan fingerprint density at radius 3 is 2.70 bits per heavy atom. The maximum atomic E-state index is 12.4. The SMILES string of the molecule is NC(=S)c1ccc(S(=O)(=O)N2CCNC(=O)C2)cc1Cl. The van der Waals surface area contributed by atoms with Gasteiger partial charge in [0.1, 0.15) is 4.99 Å². The van der Waals surface area contributed by atoms with Gasteiger partial charge in [0.25, 0.3) is 0 Å². The Bertz CT molecular complexity index is 675. The molecule has 0 aliphatic carbocycles. The molecule has 108 valence electrons. The van der Waals surface area contributed by atoms with Crippen LogP contribution in [0, 0.1) is 0 Å². The number of benzene rings is 1. The van der Waals surface area contributed by atoms with Gasteiger partial charge in [-0.3, -0.25) is 4.79 Å². The maximum absolute atomic E-state index is 12.4. The smallest absolute Gasteiger partial charge is 0.243 e. The van der Waals surface area contributed by atoms with Gasteiger partial charge < -0.3 is 11.1 Å². The molecule has 3 N–H and O–H groups in total. The van der Waals surface area contributed by atoms with Crippen LogP contribution in [-0.4, -0.2) is 43.3 Å². The topological polar surface area (TPSA) is 92.5 Å². The third kappa shape index (κ3) is 2.93. The van der Waals surface area contributed by atoms with Crippen molar-refractivity contribution in [3.05, 3.63) is 28.8 Å². The van der Waals surface area contributed by atoms with Crippen LogP contribution in [0.25, 0.3) is 0 Å². The summed E-state index contributed by atoms with van der Waals surface area (Å²) in [5.74, 6) is -0.328. The van der Waals surface area contributed by atoms with Crippen LogP contribution in [0.1, 0.15) is 5.56 Å². The minimum absolute atomic E-state index is 0.0113. The number of nitrogens with one attached hydrogen (secondary N) is 1. The summed E-state index contributed by atoms with van der Waals surface area (Å²) in [5, 5.41) is 2.73. The van der Waals surface area contributed by atoms with Gasteiger partial charge in [-0.25, -0.2) is 8.42 Å².